The lowest BCUT2D eigenvalue weighted by molar-refractivity contribution is 0.573. The summed E-state index contributed by atoms with van der Waals surface area (Å²) in [6, 6.07) is 19.2. The van der Waals surface area contributed by atoms with Crippen LogP contribution in [0.3, 0.4) is 0 Å². The maximum atomic E-state index is 4.65. The minimum atomic E-state index is 1.12. The summed E-state index contributed by atoms with van der Waals surface area (Å²) in [5.74, 6) is 1.12. The van der Waals surface area contributed by atoms with Crippen LogP contribution in [0.4, 0.5) is 5.82 Å². The van der Waals surface area contributed by atoms with E-state index in [0.29, 0.717) is 0 Å². The largest absolute Gasteiger partial charge is 0.356 e. The molecular formula is C22H22N2. The number of hydrogen-bond acceptors (Lipinski definition) is 2. The molecule has 1 saturated heterocycles. The molecule has 2 aromatic carbocycles. The summed E-state index contributed by atoms with van der Waals surface area (Å²) in [7, 11) is 0. The third kappa shape index (κ3) is 3.05. The molecule has 4 rings (SSSR count). The van der Waals surface area contributed by atoms with Gasteiger partial charge in [0.25, 0.3) is 0 Å². The average Bonchev–Trinajstić information content (AvgIpc) is 2.67. The van der Waals surface area contributed by atoms with Gasteiger partial charge in [0.2, 0.25) is 0 Å². The molecule has 0 radical (unpaired) electrons. The quantitative estimate of drug-likeness (QED) is 0.644. The van der Waals surface area contributed by atoms with Gasteiger partial charge in [-0.25, -0.2) is 4.98 Å². The summed E-state index contributed by atoms with van der Waals surface area (Å²) in [6.07, 6.45) is 10.2. The van der Waals surface area contributed by atoms with Gasteiger partial charge in [-0.15, -0.1) is 0 Å². The van der Waals surface area contributed by atoms with E-state index in [2.05, 4.69) is 70.6 Å². The summed E-state index contributed by atoms with van der Waals surface area (Å²) in [6.45, 7) is 2.23. The van der Waals surface area contributed by atoms with Crippen molar-refractivity contribution in [2.24, 2.45) is 0 Å². The number of fused-ring (bicyclic) bond motifs is 1. The number of rotatable bonds is 3. The monoisotopic (exact) mass is 314 g/mol. The van der Waals surface area contributed by atoms with Gasteiger partial charge < -0.3 is 4.90 Å². The molecule has 0 amide bonds. The highest BCUT2D eigenvalue weighted by Gasteiger charge is 2.14. The minimum absolute atomic E-state index is 1.12. The third-order valence-corrected chi connectivity index (χ3v) is 4.74. The first-order valence-electron chi connectivity index (χ1n) is 8.78. The molecule has 1 aromatic heterocycles. The van der Waals surface area contributed by atoms with Crippen LogP contribution in [0.5, 0.6) is 0 Å². The maximum absolute atomic E-state index is 4.65. The van der Waals surface area contributed by atoms with Crippen LogP contribution in [0.2, 0.25) is 0 Å². The summed E-state index contributed by atoms with van der Waals surface area (Å²) in [4.78, 5) is 7.07. The lowest BCUT2D eigenvalue weighted by atomic mass is 10.0. The van der Waals surface area contributed by atoms with E-state index in [1.54, 1.807) is 0 Å². The lowest BCUT2D eigenvalue weighted by Gasteiger charge is -2.28. The molecule has 0 spiro atoms. The number of pyridine rings is 1. The van der Waals surface area contributed by atoms with Crippen molar-refractivity contribution in [3.63, 3.8) is 0 Å². The van der Waals surface area contributed by atoms with Crippen LogP contribution >= 0.6 is 0 Å². The van der Waals surface area contributed by atoms with Crippen molar-refractivity contribution in [3.05, 3.63) is 71.9 Å². The van der Waals surface area contributed by atoms with Crippen molar-refractivity contribution in [2.75, 3.05) is 18.0 Å². The van der Waals surface area contributed by atoms with Gasteiger partial charge in [-0.1, -0.05) is 54.6 Å². The van der Waals surface area contributed by atoms with Crippen LogP contribution < -0.4 is 4.90 Å². The Morgan fingerprint density at radius 3 is 2.42 bits per heavy atom. The molecule has 1 aliphatic heterocycles. The SMILES string of the molecule is C(=C/c1cccc2ccccc12)/c1cccnc1N1CCCCC1. The molecule has 0 bridgehead atoms. The second kappa shape index (κ2) is 6.88. The van der Waals surface area contributed by atoms with Gasteiger partial charge in [-0.2, -0.15) is 0 Å². The van der Waals surface area contributed by atoms with Crippen molar-refractivity contribution in [3.8, 4) is 0 Å². The zero-order chi connectivity index (χ0) is 16.2. The van der Waals surface area contributed by atoms with E-state index in [-0.39, 0.29) is 0 Å². The van der Waals surface area contributed by atoms with Crippen LogP contribution in [-0.4, -0.2) is 18.1 Å². The van der Waals surface area contributed by atoms with Gasteiger partial charge in [-0.05, 0) is 47.7 Å². The highest BCUT2D eigenvalue weighted by atomic mass is 15.2. The molecule has 0 saturated carbocycles. The van der Waals surface area contributed by atoms with Crippen molar-refractivity contribution in [2.45, 2.75) is 19.3 Å². The minimum Gasteiger partial charge on any atom is -0.356 e. The Balaban J connectivity index is 1.68. The standard InChI is InChI=1S/C22H22N2/c1-4-16-24(17-5-1)22-20(11-7-15-23-22)14-13-19-10-6-9-18-8-2-3-12-21(18)19/h2-3,6-15H,1,4-5,16-17H2/b14-13-. The maximum Gasteiger partial charge on any atom is 0.135 e. The smallest absolute Gasteiger partial charge is 0.135 e. The van der Waals surface area contributed by atoms with E-state index < -0.39 is 0 Å². The topological polar surface area (TPSA) is 16.1 Å². The Labute approximate surface area is 143 Å². The molecule has 1 aliphatic rings. The summed E-state index contributed by atoms with van der Waals surface area (Å²) in [5.41, 5.74) is 2.45. The number of aromatic nitrogens is 1. The first-order valence-corrected chi connectivity index (χ1v) is 8.78. The molecule has 120 valence electrons. The summed E-state index contributed by atoms with van der Waals surface area (Å²) in [5, 5.41) is 2.57. The third-order valence-electron chi connectivity index (χ3n) is 4.74. The van der Waals surface area contributed by atoms with Crippen LogP contribution in [-0.2, 0) is 0 Å². The lowest BCUT2D eigenvalue weighted by Crippen LogP contribution is -2.30. The van der Waals surface area contributed by atoms with Crippen LogP contribution in [0.1, 0.15) is 30.4 Å². The predicted octanol–water partition coefficient (Wildman–Crippen LogP) is 5.40. The number of benzene rings is 2. The first-order chi connectivity index (χ1) is 11.9. The summed E-state index contributed by atoms with van der Waals surface area (Å²) >= 11 is 0. The Morgan fingerprint density at radius 2 is 1.50 bits per heavy atom. The van der Waals surface area contributed by atoms with Crippen molar-refractivity contribution < 1.29 is 0 Å². The molecule has 0 N–H and O–H groups in total. The highest BCUT2D eigenvalue weighted by molar-refractivity contribution is 5.93. The molecular weight excluding hydrogens is 292 g/mol. The Kier molecular flexibility index (Phi) is 4.28. The van der Waals surface area contributed by atoms with E-state index in [9.17, 15) is 0 Å². The molecule has 2 heterocycles. The number of piperidine rings is 1. The molecule has 1 fully saturated rings. The molecule has 0 aliphatic carbocycles. The fourth-order valence-electron chi connectivity index (χ4n) is 3.48. The highest BCUT2D eigenvalue weighted by Crippen LogP contribution is 2.25. The van der Waals surface area contributed by atoms with Crippen LogP contribution in [0, 0.1) is 0 Å². The Bertz CT molecular complexity index is 855. The van der Waals surface area contributed by atoms with E-state index in [0.717, 1.165) is 18.9 Å². The Hall–Kier alpha value is -2.61. The molecule has 0 unspecified atom stereocenters. The molecule has 2 nitrogen and oxygen atoms in total. The first kappa shape index (κ1) is 14.9. The van der Waals surface area contributed by atoms with Gasteiger partial charge in [-0.3, -0.25) is 0 Å². The molecule has 24 heavy (non-hydrogen) atoms. The van der Waals surface area contributed by atoms with Gasteiger partial charge in [0.1, 0.15) is 5.82 Å². The van der Waals surface area contributed by atoms with E-state index in [1.807, 2.05) is 12.3 Å². The summed E-state index contributed by atoms with van der Waals surface area (Å²) < 4.78 is 0. The molecule has 2 heteroatoms. The predicted molar refractivity (Wildman–Crippen MR) is 103 cm³/mol. The van der Waals surface area contributed by atoms with E-state index >= 15 is 0 Å². The zero-order valence-corrected chi connectivity index (χ0v) is 13.9. The second-order valence-electron chi connectivity index (χ2n) is 6.37. The number of nitrogens with zero attached hydrogens (tertiary/aromatic N) is 2. The van der Waals surface area contributed by atoms with E-state index in [4.69, 9.17) is 0 Å². The van der Waals surface area contributed by atoms with Crippen molar-refractivity contribution in [1.29, 1.82) is 0 Å². The molecule has 3 aromatic rings. The van der Waals surface area contributed by atoms with Crippen LogP contribution in [0.15, 0.2) is 60.8 Å². The van der Waals surface area contributed by atoms with Gasteiger partial charge in [0.05, 0.1) is 0 Å². The fraction of sp³-hybridized carbons (Fsp3) is 0.227. The second-order valence-corrected chi connectivity index (χ2v) is 6.37. The van der Waals surface area contributed by atoms with Crippen molar-refractivity contribution in [1.82, 2.24) is 4.98 Å². The van der Waals surface area contributed by atoms with Gasteiger partial charge in [0.15, 0.2) is 0 Å². The van der Waals surface area contributed by atoms with Crippen LogP contribution in [0.25, 0.3) is 22.9 Å². The van der Waals surface area contributed by atoms with Gasteiger partial charge in [0, 0.05) is 24.8 Å². The van der Waals surface area contributed by atoms with E-state index in [1.165, 1.54) is 41.2 Å². The number of anilines is 1. The molecule has 0 atom stereocenters. The fourth-order valence-corrected chi connectivity index (χ4v) is 3.48. The number of hydrogen-bond donors (Lipinski definition) is 0. The Morgan fingerprint density at radius 1 is 0.750 bits per heavy atom. The van der Waals surface area contributed by atoms with Crippen molar-refractivity contribution >= 4 is 28.7 Å². The van der Waals surface area contributed by atoms with Gasteiger partial charge >= 0.3 is 0 Å². The zero-order valence-electron chi connectivity index (χ0n) is 13.9. The average molecular weight is 314 g/mol. The normalized spacial score (nSPS) is 15.2.